The van der Waals surface area contributed by atoms with Crippen molar-refractivity contribution in [2.24, 2.45) is 17.6 Å². The summed E-state index contributed by atoms with van der Waals surface area (Å²) < 4.78 is 28.7. The quantitative estimate of drug-likeness (QED) is 0.899. The van der Waals surface area contributed by atoms with Crippen molar-refractivity contribution in [3.8, 4) is 5.75 Å². The van der Waals surface area contributed by atoms with Gasteiger partial charge < -0.3 is 10.5 Å². The Morgan fingerprint density at radius 2 is 2.05 bits per heavy atom. The SMILES string of the molecule is Cc1cccc(OCC(CN)C2CCS(=O)(=O)CC2)c1. The molecule has 0 saturated carbocycles. The molecule has 112 valence electrons. The van der Waals surface area contributed by atoms with Crippen LogP contribution in [-0.2, 0) is 9.84 Å². The van der Waals surface area contributed by atoms with Crippen LogP contribution in [0, 0.1) is 18.8 Å². The fraction of sp³-hybridized carbons (Fsp3) is 0.600. The lowest BCUT2D eigenvalue weighted by molar-refractivity contribution is 0.189. The fourth-order valence-electron chi connectivity index (χ4n) is 2.68. The van der Waals surface area contributed by atoms with E-state index in [2.05, 4.69) is 0 Å². The van der Waals surface area contributed by atoms with E-state index in [1.807, 2.05) is 31.2 Å². The van der Waals surface area contributed by atoms with Gasteiger partial charge in [0.05, 0.1) is 18.1 Å². The van der Waals surface area contributed by atoms with Crippen molar-refractivity contribution in [2.75, 3.05) is 24.7 Å². The summed E-state index contributed by atoms with van der Waals surface area (Å²) in [6.07, 6.45) is 1.42. The number of nitrogens with two attached hydrogens (primary N) is 1. The first-order valence-corrected chi connectivity index (χ1v) is 8.92. The Balaban J connectivity index is 1.90. The minimum absolute atomic E-state index is 0.228. The Labute approximate surface area is 121 Å². The molecule has 0 radical (unpaired) electrons. The molecule has 20 heavy (non-hydrogen) atoms. The lowest BCUT2D eigenvalue weighted by Crippen LogP contribution is -2.35. The largest absolute Gasteiger partial charge is 0.493 e. The zero-order chi connectivity index (χ0) is 14.6. The first-order valence-electron chi connectivity index (χ1n) is 7.10. The average molecular weight is 297 g/mol. The van der Waals surface area contributed by atoms with Gasteiger partial charge in [-0.1, -0.05) is 12.1 Å². The van der Waals surface area contributed by atoms with E-state index >= 15 is 0 Å². The molecule has 0 aromatic heterocycles. The second-order valence-electron chi connectivity index (χ2n) is 5.61. The van der Waals surface area contributed by atoms with E-state index in [9.17, 15) is 8.42 Å². The molecule has 1 aromatic rings. The second kappa shape index (κ2) is 6.59. The van der Waals surface area contributed by atoms with Crippen LogP contribution in [0.4, 0.5) is 0 Å². The predicted octanol–water partition coefficient (Wildman–Crippen LogP) is 1.77. The first kappa shape index (κ1) is 15.3. The first-order chi connectivity index (χ1) is 9.50. The van der Waals surface area contributed by atoms with Crippen LogP contribution in [0.3, 0.4) is 0 Å². The van der Waals surface area contributed by atoms with Gasteiger partial charge in [-0.05, 0) is 49.9 Å². The van der Waals surface area contributed by atoms with Gasteiger partial charge in [0.15, 0.2) is 0 Å². The van der Waals surface area contributed by atoms with Gasteiger partial charge in [-0.15, -0.1) is 0 Å². The highest BCUT2D eigenvalue weighted by molar-refractivity contribution is 7.91. The maximum absolute atomic E-state index is 11.5. The third kappa shape index (κ3) is 4.21. The summed E-state index contributed by atoms with van der Waals surface area (Å²) in [5, 5.41) is 0. The minimum Gasteiger partial charge on any atom is -0.493 e. The second-order valence-corrected chi connectivity index (χ2v) is 7.92. The van der Waals surface area contributed by atoms with Crippen LogP contribution in [0.2, 0.25) is 0 Å². The molecule has 2 N–H and O–H groups in total. The molecule has 0 amide bonds. The molecule has 0 bridgehead atoms. The molecular formula is C15H23NO3S. The number of hydrogen-bond donors (Lipinski definition) is 1. The van der Waals surface area contributed by atoms with E-state index in [-0.39, 0.29) is 5.92 Å². The zero-order valence-corrected chi connectivity index (χ0v) is 12.7. The highest BCUT2D eigenvalue weighted by Crippen LogP contribution is 2.26. The van der Waals surface area contributed by atoms with Crippen molar-refractivity contribution < 1.29 is 13.2 Å². The van der Waals surface area contributed by atoms with Crippen molar-refractivity contribution in [3.05, 3.63) is 29.8 Å². The van der Waals surface area contributed by atoms with Gasteiger partial charge in [0.25, 0.3) is 0 Å². The Morgan fingerprint density at radius 1 is 1.35 bits per heavy atom. The van der Waals surface area contributed by atoms with E-state index in [4.69, 9.17) is 10.5 Å². The highest BCUT2D eigenvalue weighted by Gasteiger charge is 2.29. The van der Waals surface area contributed by atoms with Crippen LogP contribution in [0.25, 0.3) is 0 Å². The molecule has 1 fully saturated rings. The number of aryl methyl sites for hydroxylation is 1. The van der Waals surface area contributed by atoms with Crippen molar-refractivity contribution in [1.29, 1.82) is 0 Å². The monoisotopic (exact) mass is 297 g/mol. The van der Waals surface area contributed by atoms with E-state index in [0.29, 0.717) is 43.4 Å². The number of rotatable bonds is 5. The molecular weight excluding hydrogens is 274 g/mol. The van der Waals surface area contributed by atoms with E-state index in [1.54, 1.807) is 0 Å². The summed E-state index contributed by atoms with van der Waals surface area (Å²) in [7, 11) is -2.81. The van der Waals surface area contributed by atoms with Gasteiger partial charge in [0.1, 0.15) is 15.6 Å². The number of benzene rings is 1. The normalized spacial score (nSPS) is 20.5. The molecule has 1 aliphatic heterocycles. The van der Waals surface area contributed by atoms with Gasteiger partial charge >= 0.3 is 0 Å². The zero-order valence-electron chi connectivity index (χ0n) is 11.9. The van der Waals surface area contributed by atoms with Crippen LogP contribution in [0.1, 0.15) is 18.4 Å². The number of sulfone groups is 1. The van der Waals surface area contributed by atoms with Crippen LogP contribution in [-0.4, -0.2) is 33.1 Å². The number of hydrogen-bond acceptors (Lipinski definition) is 4. The lowest BCUT2D eigenvalue weighted by Gasteiger charge is -2.29. The van der Waals surface area contributed by atoms with E-state index in [1.165, 1.54) is 0 Å². The Bertz CT molecular complexity index is 528. The lowest BCUT2D eigenvalue weighted by atomic mass is 9.88. The van der Waals surface area contributed by atoms with E-state index < -0.39 is 9.84 Å². The standard InChI is InChI=1S/C15H23NO3S/c1-12-3-2-4-15(9-12)19-11-14(10-16)13-5-7-20(17,18)8-6-13/h2-4,9,13-14H,5-8,10-11,16H2,1H3. The van der Waals surface area contributed by atoms with Crippen molar-refractivity contribution in [1.82, 2.24) is 0 Å². The molecule has 5 heteroatoms. The topological polar surface area (TPSA) is 69.4 Å². The highest BCUT2D eigenvalue weighted by atomic mass is 32.2. The summed E-state index contributed by atoms with van der Waals surface area (Å²) in [5.74, 6) is 2.02. The molecule has 1 saturated heterocycles. The van der Waals surface area contributed by atoms with Crippen molar-refractivity contribution >= 4 is 9.84 Å². The van der Waals surface area contributed by atoms with Crippen LogP contribution >= 0.6 is 0 Å². The van der Waals surface area contributed by atoms with Crippen molar-refractivity contribution in [2.45, 2.75) is 19.8 Å². The number of ether oxygens (including phenoxy) is 1. The fourth-order valence-corrected chi connectivity index (χ4v) is 4.21. The summed E-state index contributed by atoms with van der Waals surface area (Å²) in [6.45, 7) is 3.13. The predicted molar refractivity (Wildman–Crippen MR) is 80.6 cm³/mol. The summed E-state index contributed by atoms with van der Waals surface area (Å²) in [5.41, 5.74) is 7.00. The molecule has 0 spiro atoms. The van der Waals surface area contributed by atoms with Gasteiger partial charge in [0.2, 0.25) is 0 Å². The third-order valence-electron chi connectivity index (χ3n) is 4.02. The van der Waals surface area contributed by atoms with Gasteiger partial charge in [-0.2, -0.15) is 0 Å². The van der Waals surface area contributed by atoms with Gasteiger partial charge in [0, 0.05) is 5.92 Å². The van der Waals surface area contributed by atoms with Gasteiger partial charge in [-0.25, -0.2) is 8.42 Å². The maximum Gasteiger partial charge on any atom is 0.150 e. The molecule has 4 nitrogen and oxygen atoms in total. The van der Waals surface area contributed by atoms with Gasteiger partial charge in [-0.3, -0.25) is 0 Å². The molecule has 2 rings (SSSR count). The average Bonchev–Trinajstić information content (AvgIpc) is 2.41. The Hall–Kier alpha value is -1.07. The Morgan fingerprint density at radius 3 is 2.65 bits per heavy atom. The molecule has 1 heterocycles. The van der Waals surface area contributed by atoms with E-state index in [0.717, 1.165) is 11.3 Å². The Kier molecular flexibility index (Phi) is 5.05. The smallest absolute Gasteiger partial charge is 0.150 e. The minimum atomic E-state index is -2.81. The summed E-state index contributed by atoms with van der Waals surface area (Å²) >= 11 is 0. The molecule has 0 aliphatic carbocycles. The molecule has 1 aliphatic rings. The van der Waals surface area contributed by atoms with Crippen LogP contribution < -0.4 is 10.5 Å². The third-order valence-corrected chi connectivity index (χ3v) is 5.74. The van der Waals surface area contributed by atoms with Crippen LogP contribution in [0.5, 0.6) is 5.75 Å². The van der Waals surface area contributed by atoms with Crippen LogP contribution in [0.15, 0.2) is 24.3 Å². The summed E-state index contributed by atoms with van der Waals surface area (Å²) in [6, 6.07) is 7.93. The molecule has 1 aromatic carbocycles. The molecule has 1 unspecified atom stereocenters. The summed E-state index contributed by atoms with van der Waals surface area (Å²) in [4.78, 5) is 0. The molecule has 1 atom stereocenters. The van der Waals surface area contributed by atoms with Crippen molar-refractivity contribution in [3.63, 3.8) is 0 Å². The maximum atomic E-state index is 11.5.